The van der Waals surface area contributed by atoms with E-state index in [4.69, 9.17) is 19.4 Å². The average molecular weight is 572 g/mol. The van der Waals surface area contributed by atoms with Crippen molar-refractivity contribution in [3.05, 3.63) is 60.6 Å². The van der Waals surface area contributed by atoms with Crippen molar-refractivity contribution in [1.29, 1.82) is 0 Å². The monoisotopic (exact) mass is 571 g/mol. The molecule has 0 spiro atoms. The van der Waals surface area contributed by atoms with Crippen molar-refractivity contribution >= 4 is 20.9 Å². The molecular weight excluding hydrogens is 533 g/mol. The highest BCUT2D eigenvalue weighted by atomic mass is 31.0. The van der Waals surface area contributed by atoms with Gasteiger partial charge in [-0.2, -0.15) is 5.10 Å². The minimum Gasteiger partial charge on any atom is -0.490 e. The maximum absolute atomic E-state index is 6.14. The smallest absolute Gasteiger partial charge is 0.222 e. The molecule has 1 N–H and O–H groups in total. The Bertz CT molecular complexity index is 1470. The number of hydrogen-bond donors (Lipinski definition) is 1. The van der Waals surface area contributed by atoms with Crippen LogP contribution in [0, 0.1) is 5.92 Å². The third kappa shape index (κ3) is 6.52. The molecule has 1 fully saturated rings. The van der Waals surface area contributed by atoms with E-state index >= 15 is 0 Å². The van der Waals surface area contributed by atoms with Gasteiger partial charge >= 0.3 is 0 Å². The van der Waals surface area contributed by atoms with E-state index in [0.717, 1.165) is 34.9 Å². The second-order valence-corrected chi connectivity index (χ2v) is 11.6. The summed E-state index contributed by atoms with van der Waals surface area (Å²) in [7, 11) is 4.73. The van der Waals surface area contributed by atoms with Crippen LogP contribution in [0.2, 0.25) is 0 Å². The van der Waals surface area contributed by atoms with Crippen molar-refractivity contribution in [2.75, 3.05) is 31.2 Å². The number of piperidine rings is 1. The van der Waals surface area contributed by atoms with E-state index in [1.807, 2.05) is 32.3 Å². The number of ether oxygens (including phenoxy) is 2. The van der Waals surface area contributed by atoms with E-state index in [9.17, 15) is 0 Å². The fourth-order valence-corrected chi connectivity index (χ4v) is 6.04. The number of nitrogens with one attached hydrogen (secondary N) is 1. The summed E-state index contributed by atoms with van der Waals surface area (Å²) in [5, 5.41) is 7.85. The minimum absolute atomic E-state index is 0.0326. The molecule has 41 heavy (non-hydrogen) atoms. The summed E-state index contributed by atoms with van der Waals surface area (Å²) in [6, 6.07) is 12.5. The second kappa shape index (κ2) is 12.5. The second-order valence-electron chi connectivity index (χ2n) is 11.0. The molecule has 0 radical (unpaired) electrons. The molecular formula is C31H38N7O2P. The summed E-state index contributed by atoms with van der Waals surface area (Å²) in [5.74, 6) is 4.10. The third-order valence-corrected chi connectivity index (χ3v) is 8.28. The minimum atomic E-state index is -0.0326. The normalized spacial score (nSPS) is 18.0. The summed E-state index contributed by atoms with van der Waals surface area (Å²) in [5.41, 5.74) is 3.98. The van der Waals surface area contributed by atoms with Gasteiger partial charge in [-0.25, -0.2) is 19.6 Å². The number of aryl methyl sites for hydroxylation is 1. The molecule has 1 aromatic carbocycles. The van der Waals surface area contributed by atoms with Gasteiger partial charge in [-0.05, 0) is 68.5 Å². The quantitative estimate of drug-likeness (QED) is 0.305. The van der Waals surface area contributed by atoms with Gasteiger partial charge in [0.05, 0.1) is 18.9 Å². The van der Waals surface area contributed by atoms with Gasteiger partial charge in [0, 0.05) is 44.0 Å². The Hall–Kier alpha value is -3.55. The van der Waals surface area contributed by atoms with E-state index < -0.39 is 0 Å². The standard InChI is InChI=1S/C31H38N7O2P/c1-21-10-15-39-31-27(19-34-37(31)2)29-33-18-26(30(36-29)35-28-17-25(40-21)7-12-32-28)24-5-3-23(4-6-24)20-38-13-8-22(9-14-38)11-16-41/h3-7,12,17-19,21-22H,8-11,13-16,20,41H2,1-2H3,(H,32,33,35,36)/t21-/m0/s1. The maximum atomic E-state index is 6.14. The Balaban J connectivity index is 1.30. The van der Waals surface area contributed by atoms with Crippen LogP contribution in [0.4, 0.5) is 11.6 Å². The van der Waals surface area contributed by atoms with Crippen LogP contribution in [0.3, 0.4) is 0 Å². The number of aromatic nitrogens is 5. The predicted octanol–water partition coefficient (Wildman–Crippen LogP) is 5.71. The fourth-order valence-electron chi connectivity index (χ4n) is 5.57. The van der Waals surface area contributed by atoms with Gasteiger partial charge in [-0.3, -0.25) is 4.90 Å². The van der Waals surface area contributed by atoms with Crippen LogP contribution >= 0.6 is 9.24 Å². The van der Waals surface area contributed by atoms with Crippen LogP contribution in [0.25, 0.3) is 22.5 Å². The van der Waals surface area contributed by atoms with E-state index in [1.165, 1.54) is 44.1 Å². The molecule has 0 aliphatic carbocycles. The molecule has 5 heterocycles. The Labute approximate surface area is 243 Å². The molecule has 4 aromatic rings. The Morgan fingerprint density at radius 1 is 1.02 bits per heavy atom. The van der Waals surface area contributed by atoms with Crippen molar-refractivity contribution in [3.63, 3.8) is 0 Å². The molecule has 1 saturated heterocycles. The van der Waals surface area contributed by atoms with Crippen molar-refractivity contribution < 1.29 is 9.47 Å². The molecule has 2 aliphatic rings. The lowest BCUT2D eigenvalue weighted by molar-refractivity contribution is 0.172. The number of fused-ring (bicyclic) bond motifs is 6. The number of hydrogen-bond acceptors (Lipinski definition) is 8. The van der Waals surface area contributed by atoms with Crippen LogP contribution in [0.15, 0.2) is 55.0 Å². The molecule has 214 valence electrons. The fraction of sp³-hybridized carbons (Fsp3) is 0.419. The van der Waals surface area contributed by atoms with Gasteiger partial charge in [0.1, 0.15) is 22.9 Å². The highest BCUT2D eigenvalue weighted by Gasteiger charge is 2.21. The van der Waals surface area contributed by atoms with Crippen LogP contribution in [0.5, 0.6) is 11.6 Å². The van der Waals surface area contributed by atoms with Gasteiger partial charge in [0.25, 0.3) is 0 Å². The van der Waals surface area contributed by atoms with Gasteiger partial charge in [-0.1, -0.05) is 24.3 Å². The highest BCUT2D eigenvalue weighted by molar-refractivity contribution is 7.16. The number of likely N-dealkylation sites (tertiary alicyclic amines) is 1. The van der Waals surface area contributed by atoms with Crippen molar-refractivity contribution in [1.82, 2.24) is 29.6 Å². The molecule has 2 atom stereocenters. The lowest BCUT2D eigenvalue weighted by Crippen LogP contribution is -2.33. The predicted molar refractivity (Wildman–Crippen MR) is 165 cm³/mol. The third-order valence-electron chi connectivity index (χ3n) is 7.95. The number of rotatable bonds is 5. The van der Waals surface area contributed by atoms with Crippen LogP contribution in [-0.4, -0.2) is 61.6 Å². The largest absolute Gasteiger partial charge is 0.490 e. The number of benzene rings is 1. The van der Waals surface area contributed by atoms with Crippen molar-refractivity contribution in [2.24, 2.45) is 13.0 Å². The Morgan fingerprint density at radius 3 is 2.66 bits per heavy atom. The molecule has 2 aliphatic heterocycles. The van der Waals surface area contributed by atoms with Crippen LogP contribution in [-0.2, 0) is 13.6 Å². The van der Waals surface area contributed by atoms with Gasteiger partial charge in [0.2, 0.25) is 5.88 Å². The summed E-state index contributed by atoms with van der Waals surface area (Å²) < 4.78 is 14.0. The first-order chi connectivity index (χ1) is 20.1. The van der Waals surface area contributed by atoms with Gasteiger partial charge in [-0.15, -0.1) is 9.24 Å². The molecule has 3 aromatic heterocycles. The van der Waals surface area contributed by atoms with E-state index in [0.29, 0.717) is 36.4 Å². The SMILES string of the molecule is C[C@H]1CCOc2c(cnn2C)-c2ncc(-c3ccc(CN4CCC(CCP)CC4)cc3)c(n2)Nc2cc(ccn2)O1. The first-order valence-corrected chi connectivity index (χ1v) is 15.3. The highest BCUT2D eigenvalue weighted by Crippen LogP contribution is 2.34. The van der Waals surface area contributed by atoms with Crippen LogP contribution < -0.4 is 14.8 Å². The number of pyridine rings is 1. The van der Waals surface area contributed by atoms with E-state index in [-0.39, 0.29) is 6.10 Å². The van der Waals surface area contributed by atoms with Crippen LogP contribution in [0.1, 0.15) is 38.2 Å². The number of anilines is 2. The van der Waals surface area contributed by atoms with E-state index in [1.54, 1.807) is 17.1 Å². The average Bonchev–Trinajstić information content (AvgIpc) is 3.34. The first kappa shape index (κ1) is 27.6. The lowest BCUT2D eigenvalue weighted by atomic mass is 9.94. The van der Waals surface area contributed by atoms with Crippen molar-refractivity contribution in [2.45, 2.75) is 45.3 Å². The van der Waals surface area contributed by atoms with E-state index in [2.05, 4.69) is 53.8 Å². The molecule has 0 amide bonds. The summed E-state index contributed by atoms with van der Waals surface area (Å²) in [4.78, 5) is 16.8. The van der Waals surface area contributed by atoms with Gasteiger partial charge < -0.3 is 14.8 Å². The summed E-state index contributed by atoms with van der Waals surface area (Å²) >= 11 is 0. The Morgan fingerprint density at radius 2 is 1.85 bits per heavy atom. The maximum Gasteiger partial charge on any atom is 0.222 e. The molecule has 9 nitrogen and oxygen atoms in total. The summed E-state index contributed by atoms with van der Waals surface area (Å²) in [6.45, 7) is 5.85. The molecule has 4 bridgehead atoms. The molecule has 0 saturated carbocycles. The lowest BCUT2D eigenvalue weighted by Gasteiger charge is -2.31. The topological polar surface area (TPSA) is 90.2 Å². The zero-order valence-electron chi connectivity index (χ0n) is 23.8. The molecule has 1 unspecified atom stereocenters. The first-order valence-electron chi connectivity index (χ1n) is 14.5. The number of nitrogens with zero attached hydrogens (tertiary/aromatic N) is 6. The zero-order chi connectivity index (χ0) is 28.2. The Kier molecular flexibility index (Phi) is 8.44. The molecule has 10 heteroatoms. The summed E-state index contributed by atoms with van der Waals surface area (Å²) in [6.07, 6.45) is 11.2. The zero-order valence-corrected chi connectivity index (χ0v) is 24.9. The van der Waals surface area contributed by atoms with Crippen molar-refractivity contribution in [3.8, 4) is 34.1 Å². The molecule has 6 rings (SSSR count). The van der Waals surface area contributed by atoms with Gasteiger partial charge in [0.15, 0.2) is 5.82 Å².